The van der Waals surface area contributed by atoms with Crippen molar-refractivity contribution in [1.29, 1.82) is 0 Å². The smallest absolute Gasteiger partial charge is 0.462 e. The molecule has 2 nitrogen and oxygen atoms in total. The summed E-state index contributed by atoms with van der Waals surface area (Å²) in [5.41, 5.74) is 0.483. The second-order valence-corrected chi connectivity index (χ2v) is 4.92. The van der Waals surface area contributed by atoms with Crippen LogP contribution in [0.25, 0.3) is 0 Å². The third-order valence-electron chi connectivity index (χ3n) is 3.14. The van der Waals surface area contributed by atoms with E-state index in [4.69, 9.17) is 4.74 Å². The van der Waals surface area contributed by atoms with E-state index in [1.165, 1.54) is 25.7 Å². The summed E-state index contributed by atoms with van der Waals surface area (Å²) in [7, 11) is 0. The van der Waals surface area contributed by atoms with Gasteiger partial charge in [0.05, 0.1) is 6.61 Å². The Hall–Kier alpha value is -0.271. The van der Waals surface area contributed by atoms with Gasteiger partial charge < -0.3 is 17.6 Å². The van der Waals surface area contributed by atoms with Crippen LogP contribution in [0.2, 0.25) is 0 Å². The summed E-state index contributed by atoms with van der Waals surface area (Å²) in [6.45, 7) is 5.75. The van der Waals surface area contributed by atoms with Crippen molar-refractivity contribution in [2.75, 3.05) is 6.61 Å². The zero-order valence-corrected chi connectivity index (χ0v) is 12.4. The van der Waals surface area contributed by atoms with Crippen molar-refractivity contribution in [1.82, 2.24) is 0 Å². The van der Waals surface area contributed by atoms with Gasteiger partial charge in [-0.3, -0.25) is 0 Å². The van der Waals surface area contributed by atoms with Crippen LogP contribution in [0.4, 0.5) is 0 Å². The van der Waals surface area contributed by atoms with Crippen LogP contribution in [0.5, 0.6) is 0 Å². The Bertz CT molecular complexity index is 233. The standard InChI is InChI=1S/C10H15O2.C5H9.Fe/c1-8(2)10(11)12-7-9-5-3-4-6-9;1-2-4-5-3-1;/h3,9H,1,4-7H2,2H3;1H,2-5H2;/q2*-1;+2. The molecule has 0 heterocycles. The van der Waals surface area contributed by atoms with Crippen molar-refractivity contribution in [2.24, 2.45) is 5.92 Å². The van der Waals surface area contributed by atoms with Crippen LogP contribution in [0.3, 0.4) is 0 Å². The van der Waals surface area contributed by atoms with E-state index in [1.807, 2.05) is 0 Å². The number of ether oxygens (including phenoxy) is 1. The normalized spacial score (nSPS) is 21.5. The first-order valence-electron chi connectivity index (χ1n) is 6.66. The Morgan fingerprint density at radius 3 is 2.33 bits per heavy atom. The Kier molecular flexibility index (Phi) is 10.5. The first kappa shape index (κ1) is 17.7. The maximum absolute atomic E-state index is 11.0. The summed E-state index contributed by atoms with van der Waals surface area (Å²) in [5.74, 6) is 0.287. The number of hydrogen-bond acceptors (Lipinski definition) is 2. The van der Waals surface area contributed by atoms with Crippen LogP contribution in [0.1, 0.15) is 51.9 Å². The molecule has 18 heavy (non-hydrogen) atoms. The zero-order chi connectivity index (χ0) is 12.5. The average Bonchev–Trinajstić information content (AvgIpc) is 3.00. The first-order chi connectivity index (χ1) is 8.20. The maximum Gasteiger partial charge on any atom is 2.00 e. The molecule has 2 aliphatic carbocycles. The molecule has 3 heteroatoms. The predicted molar refractivity (Wildman–Crippen MR) is 70.2 cm³/mol. The molecule has 0 saturated heterocycles. The molecule has 2 aliphatic rings. The van der Waals surface area contributed by atoms with Gasteiger partial charge >= 0.3 is 23.0 Å². The van der Waals surface area contributed by atoms with Crippen molar-refractivity contribution in [3.63, 3.8) is 0 Å². The molecular formula is C15H24FeO2. The van der Waals surface area contributed by atoms with Crippen molar-refractivity contribution in [3.8, 4) is 0 Å². The minimum Gasteiger partial charge on any atom is -0.462 e. The van der Waals surface area contributed by atoms with Crippen LogP contribution in [0.15, 0.2) is 12.2 Å². The topological polar surface area (TPSA) is 26.3 Å². The fraction of sp³-hybridized carbons (Fsp3) is 0.667. The van der Waals surface area contributed by atoms with Gasteiger partial charge in [-0.15, -0.1) is 0 Å². The maximum atomic E-state index is 11.0. The van der Waals surface area contributed by atoms with E-state index in [0.717, 1.165) is 19.3 Å². The SMILES string of the molecule is C=C(C)C(=O)OCC1C[CH-]CC1.[CH-]1CCCC1.[Fe+2]. The molecule has 0 aromatic carbocycles. The van der Waals surface area contributed by atoms with Crippen LogP contribution in [-0.4, -0.2) is 12.6 Å². The van der Waals surface area contributed by atoms with E-state index < -0.39 is 0 Å². The third kappa shape index (κ3) is 7.94. The van der Waals surface area contributed by atoms with Crippen LogP contribution in [-0.2, 0) is 26.6 Å². The Morgan fingerprint density at radius 2 is 1.94 bits per heavy atom. The van der Waals surface area contributed by atoms with E-state index in [-0.39, 0.29) is 23.0 Å². The molecule has 104 valence electrons. The van der Waals surface area contributed by atoms with Crippen LogP contribution < -0.4 is 0 Å². The molecule has 0 aromatic heterocycles. The quantitative estimate of drug-likeness (QED) is 0.341. The summed E-state index contributed by atoms with van der Waals surface area (Å²) in [6.07, 6.45) is 13.7. The monoisotopic (exact) mass is 292 g/mol. The van der Waals surface area contributed by atoms with Gasteiger partial charge in [-0.25, -0.2) is 4.79 Å². The van der Waals surface area contributed by atoms with Gasteiger partial charge in [0, 0.05) is 5.57 Å². The fourth-order valence-corrected chi connectivity index (χ4v) is 2.01. The number of rotatable bonds is 3. The molecule has 0 amide bonds. The molecule has 0 aromatic rings. The number of esters is 1. The molecule has 2 rings (SSSR count). The fourth-order valence-electron chi connectivity index (χ4n) is 2.01. The summed E-state index contributed by atoms with van der Waals surface area (Å²) in [6, 6.07) is 0. The van der Waals surface area contributed by atoms with E-state index >= 15 is 0 Å². The molecule has 2 fully saturated rings. The summed E-state index contributed by atoms with van der Waals surface area (Å²) in [5, 5.41) is 0. The average molecular weight is 292 g/mol. The van der Waals surface area contributed by atoms with Gasteiger partial charge in [0.15, 0.2) is 0 Å². The molecule has 0 bridgehead atoms. The van der Waals surface area contributed by atoms with Gasteiger partial charge in [0.2, 0.25) is 0 Å². The van der Waals surface area contributed by atoms with Crippen molar-refractivity contribution < 1.29 is 26.6 Å². The van der Waals surface area contributed by atoms with Crippen LogP contribution in [0, 0.1) is 18.8 Å². The Morgan fingerprint density at radius 1 is 1.28 bits per heavy atom. The molecule has 0 N–H and O–H groups in total. The molecule has 2 saturated carbocycles. The summed E-state index contributed by atoms with van der Waals surface area (Å²) < 4.78 is 5.03. The summed E-state index contributed by atoms with van der Waals surface area (Å²) >= 11 is 0. The minimum atomic E-state index is -0.262. The zero-order valence-electron chi connectivity index (χ0n) is 11.3. The largest absolute Gasteiger partial charge is 2.00 e. The van der Waals surface area contributed by atoms with Crippen molar-refractivity contribution in [2.45, 2.75) is 51.9 Å². The molecule has 1 unspecified atom stereocenters. The van der Waals surface area contributed by atoms with Gasteiger partial charge in [0.25, 0.3) is 0 Å². The van der Waals surface area contributed by atoms with Crippen molar-refractivity contribution >= 4 is 5.97 Å². The molecule has 0 spiro atoms. The van der Waals surface area contributed by atoms with Gasteiger partial charge in [-0.2, -0.15) is 25.7 Å². The Balaban J connectivity index is 0.000000405. The van der Waals surface area contributed by atoms with E-state index in [9.17, 15) is 4.79 Å². The molecule has 1 atom stereocenters. The number of carbonyl (C=O) groups is 1. The molecule has 0 aliphatic heterocycles. The van der Waals surface area contributed by atoms with Gasteiger partial charge in [-0.1, -0.05) is 25.8 Å². The minimum absolute atomic E-state index is 0. The second kappa shape index (κ2) is 10.6. The third-order valence-corrected chi connectivity index (χ3v) is 3.14. The van der Waals surface area contributed by atoms with E-state index in [0.29, 0.717) is 18.1 Å². The predicted octanol–water partition coefficient (Wildman–Crippen LogP) is 3.87. The summed E-state index contributed by atoms with van der Waals surface area (Å²) in [4.78, 5) is 11.0. The number of carbonyl (C=O) groups excluding carboxylic acids is 1. The molecule has 0 radical (unpaired) electrons. The van der Waals surface area contributed by atoms with Crippen molar-refractivity contribution in [3.05, 3.63) is 25.0 Å². The van der Waals surface area contributed by atoms with Gasteiger partial charge in [-0.05, 0) is 12.8 Å². The number of hydrogen-bond donors (Lipinski definition) is 0. The first-order valence-corrected chi connectivity index (χ1v) is 6.66. The molecular weight excluding hydrogens is 268 g/mol. The van der Waals surface area contributed by atoms with E-state index in [2.05, 4.69) is 19.4 Å². The van der Waals surface area contributed by atoms with Gasteiger partial charge in [0.1, 0.15) is 0 Å². The van der Waals surface area contributed by atoms with Crippen LogP contribution >= 0.6 is 0 Å². The second-order valence-electron chi connectivity index (χ2n) is 4.92. The Labute approximate surface area is 122 Å². The van der Waals surface area contributed by atoms with E-state index in [1.54, 1.807) is 6.92 Å².